The minimum Gasteiger partial charge on any atom is -0.462 e. The van der Waals surface area contributed by atoms with Crippen molar-refractivity contribution >= 4 is 17.7 Å². The molecule has 0 aromatic rings. The number of ether oxygens (including phenoxy) is 1. The van der Waals surface area contributed by atoms with Gasteiger partial charge < -0.3 is 4.74 Å². The van der Waals surface area contributed by atoms with E-state index in [0.29, 0.717) is 0 Å². The van der Waals surface area contributed by atoms with Gasteiger partial charge in [-0.3, -0.25) is 4.79 Å². The molecule has 0 aromatic heterocycles. The number of nitrogens with zero attached hydrogens (tertiary/aromatic N) is 1. The summed E-state index contributed by atoms with van der Waals surface area (Å²) in [5.41, 5.74) is 0. The lowest BCUT2D eigenvalue weighted by Gasteiger charge is -2.04. The van der Waals surface area contributed by atoms with Crippen molar-refractivity contribution in [2.45, 2.75) is 20.0 Å². The minimum atomic E-state index is -0.332. The highest BCUT2D eigenvalue weighted by Crippen LogP contribution is 1.98. The molecule has 0 aliphatic heterocycles. The molecule has 56 valence electrons. The maximum atomic E-state index is 10.6. The second-order valence-electron chi connectivity index (χ2n) is 1.92. The smallest absolute Gasteiger partial charge is 0.317 e. The first-order valence-electron chi connectivity index (χ1n) is 2.87. The first-order valence-corrected chi connectivity index (χ1v) is 3.85. The number of esters is 1. The van der Waals surface area contributed by atoms with Gasteiger partial charge in [0.05, 0.1) is 6.10 Å². The number of hydrogen-bond donors (Lipinski definition) is 0. The fraction of sp³-hybridized carbons (Fsp3) is 0.667. The third-order valence-corrected chi connectivity index (χ3v) is 1.13. The fourth-order valence-electron chi connectivity index (χ4n) is 0.388. The van der Waals surface area contributed by atoms with Crippen LogP contribution >= 0.6 is 11.8 Å². The maximum absolute atomic E-state index is 10.6. The van der Waals surface area contributed by atoms with Crippen LogP contribution in [0, 0.1) is 10.7 Å². The fourth-order valence-corrected chi connectivity index (χ4v) is 0.639. The normalized spacial score (nSPS) is 9.00. The average Bonchev–Trinajstić information content (AvgIpc) is 1.82. The number of hydrogen-bond acceptors (Lipinski definition) is 4. The third kappa shape index (κ3) is 5.45. The van der Waals surface area contributed by atoms with Crippen molar-refractivity contribution in [3.05, 3.63) is 0 Å². The Morgan fingerprint density at radius 1 is 1.80 bits per heavy atom. The van der Waals surface area contributed by atoms with Crippen LogP contribution in [0.4, 0.5) is 0 Å². The summed E-state index contributed by atoms with van der Waals surface area (Å²) in [7, 11) is 0. The minimum absolute atomic E-state index is 0.0909. The van der Waals surface area contributed by atoms with Crippen LogP contribution in [0.1, 0.15) is 13.8 Å². The molecule has 0 spiro atoms. The average molecular weight is 159 g/mol. The highest BCUT2D eigenvalue weighted by molar-refractivity contribution is 8.04. The predicted octanol–water partition coefficient (Wildman–Crippen LogP) is 1.15. The van der Waals surface area contributed by atoms with Crippen molar-refractivity contribution in [2.75, 3.05) is 5.75 Å². The van der Waals surface area contributed by atoms with Gasteiger partial charge in [-0.15, -0.1) is 0 Å². The molecule has 0 aliphatic carbocycles. The summed E-state index contributed by atoms with van der Waals surface area (Å²) in [6, 6.07) is 0. The van der Waals surface area contributed by atoms with E-state index in [1.807, 2.05) is 0 Å². The molecular formula is C6H9NO2S. The molecule has 0 rings (SSSR count). The summed E-state index contributed by atoms with van der Waals surface area (Å²) in [6.07, 6.45) is -0.0909. The quantitative estimate of drug-likeness (QED) is 0.458. The Kier molecular flexibility index (Phi) is 4.77. The summed E-state index contributed by atoms with van der Waals surface area (Å²) in [4.78, 5) is 10.6. The lowest BCUT2D eigenvalue weighted by atomic mass is 10.5. The van der Waals surface area contributed by atoms with Crippen molar-refractivity contribution in [3.63, 3.8) is 0 Å². The predicted molar refractivity (Wildman–Crippen MR) is 39.3 cm³/mol. The Morgan fingerprint density at radius 2 is 2.40 bits per heavy atom. The number of thiocyanates is 1. The van der Waals surface area contributed by atoms with Crippen LogP contribution in [-0.2, 0) is 9.53 Å². The molecule has 0 bridgehead atoms. The van der Waals surface area contributed by atoms with Crippen LogP contribution in [0.5, 0.6) is 0 Å². The summed E-state index contributed by atoms with van der Waals surface area (Å²) < 4.78 is 4.74. The molecule has 0 unspecified atom stereocenters. The van der Waals surface area contributed by atoms with Crippen LogP contribution in [0.2, 0.25) is 0 Å². The van der Waals surface area contributed by atoms with Crippen LogP contribution in [0.25, 0.3) is 0 Å². The van der Waals surface area contributed by atoms with E-state index in [2.05, 4.69) is 0 Å². The highest BCUT2D eigenvalue weighted by atomic mass is 32.2. The number of carbonyl (C=O) groups is 1. The molecular weight excluding hydrogens is 150 g/mol. The zero-order valence-electron chi connectivity index (χ0n) is 5.96. The Hall–Kier alpha value is -0.690. The molecule has 0 amide bonds. The van der Waals surface area contributed by atoms with E-state index >= 15 is 0 Å². The van der Waals surface area contributed by atoms with E-state index < -0.39 is 0 Å². The van der Waals surface area contributed by atoms with Crippen LogP contribution in [0.3, 0.4) is 0 Å². The molecule has 0 aliphatic rings. The number of thioether (sulfide) groups is 1. The Balaban J connectivity index is 3.37. The zero-order chi connectivity index (χ0) is 7.98. The van der Waals surface area contributed by atoms with E-state index in [-0.39, 0.29) is 17.8 Å². The van der Waals surface area contributed by atoms with E-state index in [0.717, 1.165) is 11.8 Å². The van der Waals surface area contributed by atoms with Crippen molar-refractivity contribution < 1.29 is 9.53 Å². The molecule has 4 heteroatoms. The Morgan fingerprint density at radius 3 is 2.80 bits per heavy atom. The van der Waals surface area contributed by atoms with Gasteiger partial charge in [0, 0.05) is 0 Å². The Labute approximate surface area is 64.4 Å². The number of nitriles is 1. The van der Waals surface area contributed by atoms with Gasteiger partial charge in [0.1, 0.15) is 11.2 Å². The van der Waals surface area contributed by atoms with Gasteiger partial charge in [0.15, 0.2) is 0 Å². The topological polar surface area (TPSA) is 50.1 Å². The first-order chi connectivity index (χ1) is 4.66. The first kappa shape index (κ1) is 9.31. The van der Waals surface area contributed by atoms with Crippen LogP contribution in [-0.4, -0.2) is 17.8 Å². The van der Waals surface area contributed by atoms with Crippen molar-refractivity contribution in [1.82, 2.24) is 0 Å². The lowest BCUT2D eigenvalue weighted by molar-refractivity contribution is -0.144. The maximum Gasteiger partial charge on any atom is 0.317 e. The summed E-state index contributed by atoms with van der Waals surface area (Å²) in [5.74, 6) is -0.212. The van der Waals surface area contributed by atoms with Crippen LogP contribution < -0.4 is 0 Å². The summed E-state index contributed by atoms with van der Waals surface area (Å²) >= 11 is 0.889. The molecule has 0 atom stereocenters. The van der Waals surface area contributed by atoms with E-state index in [1.165, 1.54) is 0 Å². The zero-order valence-corrected chi connectivity index (χ0v) is 6.77. The number of carbonyl (C=O) groups excluding carboxylic acids is 1. The second-order valence-corrected chi connectivity index (χ2v) is 2.68. The lowest BCUT2D eigenvalue weighted by Crippen LogP contribution is -2.12. The molecule has 0 heterocycles. The Bertz CT molecular complexity index is 150. The van der Waals surface area contributed by atoms with Gasteiger partial charge in [-0.05, 0) is 25.6 Å². The van der Waals surface area contributed by atoms with Crippen molar-refractivity contribution in [3.8, 4) is 5.40 Å². The van der Waals surface area contributed by atoms with Crippen molar-refractivity contribution in [1.29, 1.82) is 5.26 Å². The molecule has 3 nitrogen and oxygen atoms in total. The van der Waals surface area contributed by atoms with Crippen LogP contribution in [0.15, 0.2) is 0 Å². The molecule has 0 saturated heterocycles. The summed E-state index contributed by atoms with van der Waals surface area (Å²) in [6.45, 7) is 3.55. The number of rotatable bonds is 3. The van der Waals surface area contributed by atoms with E-state index in [9.17, 15) is 4.79 Å². The van der Waals surface area contributed by atoms with E-state index in [1.54, 1.807) is 19.2 Å². The third-order valence-electron chi connectivity index (χ3n) is 0.622. The highest BCUT2D eigenvalue weighted by Gasteiger charge is 2.03. The molecule has 0 saturated carbocycles. The standard InChI is InChI=1S/C6H9NO2S/c1-5(2)9-6(8)3-10-4-7/h5H,3H2,1-2H3. The van der Waals surface area contributed by atoms with Gasteiger partial charge >= 0.3 is 5.97 Å². The SMILES string of the molecule is CC(C)OC(=O)CSC#N. The monoisotopic (exact) mass is 159 g/mol. The van der Waals surface area contributed by atoms with E-state index in [4.69, 9.17) is 10.00 Å². The molecule has 0 N–H and O–H groups in total. The molecule has 0 radical (unpaired) electrons. The molecule has 10 heavy (non-hydrogen) atoms. The molecule has 0 fully saturated rings. The second kappa shape index (κ2) is 5.12. The largest absolute Gasteiger partial charge is 0.462 e. The molecule has 0 aromatic carbocycles. The van der Waals surface area contributed by atoms with Gasteiger partial charge in [0.2, 0.25) is 0 Å². The van der Waals surface area contributed by atoms with Gasteiger partial charge in [0.25, 0.3) is 0 Å². The summed E-state index contributed by atoms with van der Waals surface area (Å²) in [5, 5.41) is 9.84. The van der Waals surface area contributed by atoms with Gasteiger partial charge in [-0.1, -0.05) is 0 Å². The van der Waals surface area contributed by atoms with Crippen molar-refractivity contribution in [2.24, 2.45) is 0 Å². The van der Waals surface area contributed by atoms with Gasteiger partial charge in [-0.25, -0.2) is 0 Å². The van der Waals surface area contributed by atoms with Gasteiger partial charge in [-0.2, -0.15) is 5.26 Å².